The zero-order chi connectivity index (χ0) is 11.5. The topological polar surface area (TPSA) is 36.0 Å². The Morgan fingerprint density at radius 3 is 2.81 bits per heavy atom. The first-order valence-electron chi connectivity index (χ1n) is 5.97. The molecule has 86 valence electrons. The summed E-state index contributed by atoms with van der Waals surface area (Å²) in [4.78, 5) is 3.36. The molecule has 1 heterocycles. The Morgan fingerprint density at radius 1 is 1.31 bits per heavy atom. The van der Waals surface area contributed by atoms with Crippen LogP contribution in [-0.4, -0.2) is 16.7 Å². The molecule has 0 fully saturated rings. The van der Waals surface area contributed by atoms with Gasteiger partial charge in [-0.25, -0.2) is 0 Å². The average Bonchev–Trinajstić information content (AvgIpc) is 2.71. The van der Waals surface area contributed by atoms with Crippen LogP contribution in [0.5, 0.6) is 0 Å². The fourth-order valence-corrected chi connectivity index (χ4v) is 2.01. The Kier molecular flexibility index (Phi) is 3.30. The maximum Gasteiger partial charge on any atom is 0.0511 e. The van der Waals surface area contributed by atoms with Crippen LogP contribution in [0, 0.1) is 0 Å². The smallest absolute Gasteiger partial charge is 0.0511 e. The monoisotopic (exact) mass is 217 g/mol. The van der Waals surface area contributed by atoms with Gasteiger partial charge in [-0.2, -0.15) is 0 Å². The highest BCUT2D eigenvalue weighted by atomic mass is 16.3. The van der Waals surface area contributed by atoms with Gasteiger partial charge in [0.25, 0.3) is 0 Å². The number of aryl methyl sites for hydroxylation is 1. The van der Waals surface area contributed by atoms with Crippen LogP contribution in [0.25, 0.3) is 10.9 Å². The van der Waals surface area contributed by atoms with Crippen LogP contribution in [0.1, 0.15) is 37.4 Å². The molecular formula is C14H19NO. The molecule has 0 saturated carbocycles. The van der Waals surface area contributed by atoms with Gasteiger partial charge in [0.2, 0.25) is 0 Å². The van der Waals surface area contributed by atoms with Gasteiger partial charge < -0.3 is 10.1 Å². The van der Waals surface area contributed by atoms with E-state index < -0.39 is 0 Å². The summed E-state index contributed by atoms with van der Waals surface area (Å²) in [6, 6.07) is 8.70. The molecule has 2 N–H and O–H groups in total. The Balaban J connectivity index is 2.38. The van der Waals surface area contributed by atoms with E-state index in [0.717, 1.165) is 17.6 Å². The summed E-state index contributed by atoms with van der Waals surface area (Å²) < 4.78 is 0. The van der Waals surface area contributed by atoms with E-state index in [1.54, 1.807) is 0 Å². The van der Waals surface area contributed by atoms with Crippen molar-refractivity contribution in [2.45, 2.75) is 32.6 Å². The summed E-state index contributed by atoms with van der Waals surface area (Å²) in [5, 5.41) is 10.4. The zero-order valence-electron chi connectivity index (χ0n) is 9.96. The Morgan fingerprint density at radius 2 is 2.12 bits per heavy atom. The van der Waals surface area contributed by atoms with Crippen molar-refractivity contribution < 1.29 is 5.11 Å². The van der Waals surface area contributed by atoms with Gasteiger partial charge in [-0.05, 0) is 35.6 Å². The van der Waals surface area contributed by atoms with Crippen LogP contribution in [0.3, 0.4) is 0 Å². The maximum atomic E-state index is 9.13. The van der Waals surface area contributed by atoms with Gasteiger partial charge in [0.1, 0.15) is 0 Å². The van der Waals surface area contributed by atoms with Gasteiger partial charge >= 0.3 is 0 Å². The quantitative estimate of drug-likeness (QED) is 0.810. The number of hydrogen-bond acceptors (Lipinski definition) is 1. The normalized spacial score (nSPS) is 13.2. The number of aliphatic hydroxyl groups excluding tert-OH is 1. The molecule has 0 spiro atoms. The van der Waals surface area contributed by atoms with E-state index in [1.807, 2.05) is 6.92 Å². The number of nitrogens with one attached hydrogen (secondary N) is 1. The van der Waals surface area contributed by atoms with Gasteiger partial charge in [-0.1, -0.05) is 26.3 Å². The van der Waals surface area contributed by atoms with Gasteiger partial charge in [0.05, 0.1) is 6.61 Å². The molecule has 2 nitrogen and oxygen atoms in total. The first-order valence-corrected chi connectivity index (χ1v) is 5.97. The third-order valence-electron chi connectivity index (χ3n) is 3.05. The molecule has 0 bridgehead atoms. The first kappa shape index (κ1) is 11.2. The van der Waals surface area contributed by atoms with Crippen LogP contribution < -0.4 is 0 Å². The van der Waals surface area contributed by atoms with Crippen LogP contribution in [0.4, 0.5) is 0 Å². The third kappa shape index (κ3) is 2.12. The van der Waals surface area contributed by atoms with E-state index in [4.69, 9.17) is 5.11 Å². The highest BCUT2D eigenvalue weighted by Crippen LogP contribution is 2.22. The van der Waals surface area contributed by atoms with Crippen molar-refractivity contribution in [2.24, 2.45) is 0 Å². The number of benzene rings is 1. The second-order valence-electron chi connectivity index (χ2n) is 4.48. The predicted molar refractivity (Wildman–Crippen MR) is 67.8 cm³/mol. The number of aromatic nitrogens is 1. The highest BCUT2D eigenvalue weighted by molar-refractivity contribution is 5.81. The molecule has 0 aliphatic carbocycles. The molecule has 2 rings (SSSR count). The van der Waals surface area contributed by atoms with Gasteiger partial charge in [-0.3, -0.25) is 0 Å². The fraction of sp³-hybridized carbons (Fsp3) is 0.429. The molecule has 0 amide bonds. The molecule has 1 atom stereocenters. The van der Waals surface area contributed by atoms with Gasteiger partial charge in [0.15, 0.2) is 0 Å². The second kappa shape index (κ2) is 4.71. The van der Waals surface area contributed by atoms with Crippen molar-refractivity contribution in [3.8, 4) is 0 Å². The molecule has 2 aromatic rings. The lowest BCUT2D eigenvalue weighted by atomic mass is 10.1. The van der Waals surface area contributed by atoms with Gasteiger partial charge in [-0.15, -0.1) is 0 Å². The standard InChI is InChI=1S/C14H19NO/c1-3-4-11-5-6-13-12(7-11)8-14(15-13)10(2)9-16/h5-8,10,15-16H,3-4,9H2,1-2H3. The Hall–Kier alpha value is -1.28. The summed E-state index contributed by atoms with van der Waals surface area (Å²) in [6.07, 6.45) is 2.31. The summed E-state index contributed by atoms with van der Waals surface area (Å²) >= 11 is 0. The number of aliphatic hydroxyl groups is 1. The highest BCUT2D eigenvalue weighted by Gasteiger charge is 2.07. The number of aromatic amines is 1. The van der Waals surface area contributed by atoms with Crippen LogP contribution in [0.2, 0.25) is 0 Å². The van der Waals surface area contributed by atoms with E-state index in [0.29, 0.717) is 0 Å². The molecule has 16 heavy (non-hydrogen) atoms. The molecule has 0 aliphatic rings. The Labute approximate surface area is 96.3 Å². The molecule has 2 heteroatoms. The summed E-state index contributed by atoms with van der Waals surface area (Å²) in [5.74, 6) is 0.182. The molecular weight excluding hydrogens is 198 g/mol. The molecule has 1 unspecified atom stereocenters. The summed E-state index contributed by atoms with van der Waals surface area (Å²) in [7, 11) is 0. The number of rotatable bonds is 4. The number of fused-ring (bicyclic) bond motifs is 1. The minimum Gasteiger partial charge on any atom is -0.396 e. The lowest BCUT2D eigenvalue weighted by Crippen LogP contribution is -1.98. The van der Waals surface area contributed by atoms with Crippen LogP contribution >= 0.6 is 0 Å². The lowest BCUT2D eigenvalue weighted by molar-refractivity contribution is 0.271. The molecule has 0 radical (unpaired) electrons. The van der Waals surface area contributed by atoms with Crippen LogP contribution in [0.15, 0.2) is 24.3 Å². The van der Waals surface area contributed by atoms with Crippen molar-refractivity contribution in [3.63, 3.8) is 0 Å². The fourth-order valence-electron chi connectivity index (χ4n) is 2.01. The van der Waals surface area contributed by atoms with E-state index in [2.05, 4.69) is 36.2 Å². The Bertz CT molecular complexity index is 473. The molecule has 0 aliphatic heterocycles. The largest absolute Gasteiger partial charge is 0.396 e. The molecule has 1 aromatic carbocycles. The summed E-state index contributed by atoms with van der Waals surface area (Å²) in [5.41, 5.74) is 3.67. The van der Waals surface area contributed by atoms with E-state index in [1.165, 1.54) is 17.4 Å². The maximum absolute atomic E-state index is 9.13. The second-order valence-corrected chi connectivity index (χ2v) is 4.48. The van der Waals surface area contributed by atoms with Gasteiger partial charge in [0, 0.05) is 17.1 Å². The van der Waals surface area contributed by atoms with Crippen molar-refractivity contribution in [1.82, 2.24) is 4.98 Å². The first-order chi connectivity index (χ1) is 7.74. The third-order valence-corrected chi connectivity index (χ3v) is 3.05. The predicted octanol–water partition coefficient (Wildman–Crippen LogP) is 3.22. The van der Waals surface area contributed by atoms with Crippen LogP contribution in [-0.2, 0) is 6.42 Å². The average molecular weight is 217 g/mol. The van der Waals surface area contributed by atoms with E-state index >= 15 is 0 Å². The van der Waals surface area contributed by atoms with E-state index in [9.17, 15) is 0 Å². The van der Waals surface area contributed by atoms with Crippen molar-refractivity contribution in [3.05, 3.63) is 35.5 Å². The molecule has 0 saturated heterocycles. The minimum atomic E-state index is 0.182. The van der Waals surface area contributed by atoms with Crippen molar-refractivity contribution in [2.75, 3.05) is 6.61 Å². The van der Waals surface area contributed by atoms with Crippen molar-refractivity contribution in [1.29, 1.82) is 0 Å². The number of H-pyrrole nitrogens is 1. The zero-order valence-corrected chi connectivity index (χ0v) is 9.96. The summed E-state index contributed by atoms with van der Waals surface area (Å²) in [6.45, 7) is 4.41. The van der Waals surface area contributed by atoms with E-state index in [-0.39, 0.29) is 12.5 Å². The minimum absolute atomic E-state index is 0.182. The number of hydrogen-bond donors (Lipinski definition) is 2. The lowest BCUT2D eigenvalue weighted by Gasteiger charge is -2.02. The SMILES string of the molecule is CCCc1ccc2[nH]c(C(C)CO)cc2c1. The molecule has 1 aromatic heterocycles. The van der Waals surface area contributed by atoms with Crippen molar-refractivity contribution >= 4 is 10.9 Å².